The summed E-state index contributed by atoms with van der Waals surface area (Å²) < 4.78 is 8.55. The van der Waals surface area contributed by atoms with Crippen molar-refractivity contribution in [1.82, 2.24) is 0 Å². The molecule has 0 spiro atoms. The van der Waals surface area contributed by atoms with Crippen molar-refractivity contribution in [2.24, 2.45) is 0 Å². The van der Waals surface area contributed by atoms with E-state index in [0.717, 1.165) is 0 Å². The summed E-state index contributed by atoms with van der Waals surface area (Å²) in [4.78, 5) is 25.6. The van der Waals surface area contributed by atoms with Crippen molar-refractivity contribution < 1.29 is 75.8 Å². The van der Waals surface area contributed by atoms with Crippen molar-refractivity contribution in [2.45, 2.75) is 0 Å². The van der Waals surface area contributed by atoms with Crippen LogP contribution in [0.1, 0.15) is 0 Å². The molecule has 44 valence electrons. The minimum atomic E-state index is -5.39. The summed E-state index contributed by atoms with van der Waals surface area (Å²) in [5.41, 5.74) is 0. The predicted molar refractivity (Wildman–Crippen MR) is 18.9 cm³/mol. The second kappa shape index (κ2) is 16.9. The number of hydrogen-bond donors (Lipinski definition) is 0. The second-order valence-electron chi connectivity index (χ2n) is 0.447. The van der Waals surface area contributed by atoms with Gasteiger partial charge in [0.1, 0.15) is 0 Å². The normalized spacial score (nSPS) is 6.30. The van der Waals surface area contributed by atoms with Gasteiger partial charge in [-0.05, 0) is 0 Å². The SMILES string of the molecule is C=C.O=P([O-])([O-])[O-].[Li+].[Li+].[Li+]. The summed E-state index contributed by atoms with van der Waals surface area (Å²) in [6, 6.07) is 0. The van der Waals surface area contributed by atoms with E-state index in [-0.39, 0.29) is 56.6 Å². The van der Waals surface area contributed by atoms with Crippen LogP contribution in [-0.2, 0) is 4.57 Å². The average Bonchev–Trinajstić information content (AvgIpc) is 1.36. The predicted octanol–water partition coefficient (Wildman–Crippen LogP) is -11.0. The molecule has 0 unspecified atom stereocenters. The van der Waals surface area contributed by atoms with Crippen LogP contribution >= 0.6 is 7.82 Å². The van der Waals surface area contributed by atoms with Crippen molar-refractivity contribution in [3.05, 3.63) is 13.2 Å². The molecule has 0 saturated heterocycles. The fraction of sp³-hybridized carbons (Fsp3) is 0. The fourth-order valence-corrected chi connectivity index (χ4v) is 0. The molecule has 0 aromatic rings. The molecule has 0 rings (SSSR count). The average molecular weight is 144 g/mol. The molecule has 0 bridgehead atoms. The maximum absolute atomic E-state index is 8.55. The largest absolute Gasteiger partial charge is 1.00 e. The van der Waals surface area contributed by atoms with Crippen LogP contribution in [0.3, 0.4) is 0 Å². The Morgan fingerprint density at radius 1 is 0.900 bits per heavy atom. The van der Waals surface area contributed by atoms with E-state index >= 15 is 0 Å². The van der Waals surface area contributed by atoms with Crippen LogP contribution in [-0.4, -0.2) is 0 Å². The summed E-state index contributed by atoms with van der Waals surface area (Å²) >= 11 is 0. The topological polar surface area (TPSA) is 86.2 Å². The van der Waals surface area contributed by atoms with Crippen molar-refractivity contribution in [3.63, 3.8) is 0 Å². The third-order valence-corrected chi connectivity index (χ3v) is 0. The standard InChI is InChI=1S/C2H4.3Li.H3O4P/c1-2;;;;1-5(2,3)4/h1-2H2;;;;(H3,1,2,3,4)/q;3*+1;/p-3. The molecule has 10 heavy (non-hydrogen) atoms. The molecule has 0 aliphatic heterocycles. The molecule has 0 aromatic heterocycles. The quantitative estimate of drug-likeness (QED) is 0.192. The molecule has 0 radical (unpaired) electrons. The Bertz CT molecular complexity index is 74.3. The number of rotatable bonds is 0. The molecule has 0 aromatic carbocycles. The van der Waals surface area contributed by atoms with Gasteiger partial charge in [0.25, 0.3) is 0 Å². The Morgan fingerprint density at radius 2 is 0.900 bits per heavy atom. The van der Waals surface area contributed by atoms with Crippen LogP contribution in [0.15, 0.2) is 13.2 Å². The van der Waals surface area contributed by atoms with Crippen LogP contribution in [0.25, 0.3) is 0 Å². The van der Waals surface area contributed by atoms with Crippen molar-refractivity contribution in [2.75, 3.05) is 0 Å². The summed E-state index contributed by atoms with van der Waals surface area (Å²) in [6.45, 7) is 6.00. The molecular weight excluding hydrogens is 140 g/mol. The second-order valence-corrected chi connectivity index (χ2v) is 1.34. The zero-order valence-corrected chi connectivity index (χ0v) is 7.39. The molecule has 8 heteroatoms. The first-order valence-electron chi connectivity index (χ1n) is 1.23. The van der Waals surface area contributed by atoms with E-state index in [1.54, 1.807) is 0 Å². The van der Waals surface area contributed by atoms with E-state index in [1.165, 1.54) is 0 Å². The molecule has 0 amide bonds. The third kappa shape index (κ3) is 267. The Kier molecular flexibility index (Phi) is 50.6. The van der Waals surface area contributed by atoms with Crippen molar-refractivity contribution in [3.8, 4) is 0 Å². The molecule has 0 aliphatic rings. The van der Waals surface area contributed by atoms with Crippen LogP contribution in [0, 0.1) is 0 Å². The Labute approximate surface area is 96.2 Å². The summed E-state index contributed by atoms with van der Waals surface area (Å²) in [5.74, 6) is 0. The molecular formula is C2H4Li3O4P. The maximum atomic E-state index is 8.55. The minimum Gasteiger partial charge on any atom is -0.822 e. The first-order chi connectivity index (χ1) is 3.00. The Hall–Kier alpha value is 1.64. The van der Waals surface area contributed by atoms with E-state index in [4.69, 9.17) is 19.2 Å². The first-order valence-corrected chi connectivity index (χ1v) is 2.69. The first kappa shape index (κ1) is 29.9. The van der Waals surface area contributed by atoms with Crippen LogP contribution in [0.5, 0.6) is 0 Å². The van der Waals surface area contributed by atoms with Gasteiger partial charge in [0.2, 0.25) is 0 Å². The van der Waals surface area contributed by atoms with Gasteiger partial charge >= 0.3 is 56.6 Å². The molecule has 0 aliphatic carbocycles. The maximum Gasteiger partial charge on any atom is 1.00 e. The van der Waals surface area contributed by atoms with Crippen LogP contribution in [0.2, 0.25) is 0 Å². The van der Waals surface area contributed by atoms with Gasteiger partial charge in [-0.25, -0.2) is 0 Å². The van der Waals surface area contributed by atoms with Crippen LogP contribution < -0.4 is 71.3 Å². The number of hydrogen-bond acceptors (Lipinski definition) is 4. The monoisotopic (exact) mass is 144 g/mol. The molecule has 0 atom stereocenters. The van der Waals surface area contributed by atoms with Gasteiger partial charge in [0.05, 0.1) is 0 Å². The third-order valence-electron chi connectivity index (χ3n) is 0. The van der Waals surface area contributed by atoms with Gasteiger partial charge in [-0.15, -0.1) is 13.2 Å². The van der Waals surface area contributed by atoms with Gasteiger partial charge in [0.15, 0.2) is 0 Å². The zero-order chi connectivity index (χ0) is 6.50. The number of phosphoric acid groups is 1. The minimum absolute atomic E-state index is 0. The molecule has 0 heterocycles. The van der Waals surface area contributed by atoms with Gasteiger partial charge in [-0.1, -0.05) is 0 Å². The van der Waals surface area contributed by atoms with Crippen molar-refractivity contribution in [1.29, 1.82) is 0 Å². The van der Waals surface area contributed by atoms with Crippen LogP contribution in [0.4, 0.5) is 0 Å². The van der Waals surface area contributed by atoms with Gasteiger partial charge in [-0.2, -0.15) is 7.82 Å². The molecule has 0 fully saturated rings. The smallest absolute Gasteiger partial charge is 0.822 e. The summed E-state index contributed by atoms with van der Waals surface area (Å²) in [7, 11) is -5.39. The van der Waals surface area contributed by atoms with E-state index in [2.05, 4.69) is 13.2 Å². The summed E-state index contributed by atoms with van der Waals surface area (Å²) in [5, 5.41) is 0. The zero-order valence-electron chi connectivity index (χ0n) is 6.49. The fourth-order valence-electron chi connectivity index (χ4n) is 0. The Morgan fingerprint density at radius 3 is 0.900 bits per heavy atom. The Balaban J connectivity index is -0.0000000154. The molecule has 0 saturated carbocycles. The van der Waals surface area contributed by atoms with Gasteiger partial charge < -0.3 is 19.2 Å². The van der Waals surface area contributed by atoms with Crippen molar-refractivity contribution >= 4 is 7.82 Å². The van der Waals surface area contributed by atoms with Gasteiger partial charge in [0, 0.05) is 0 Å². The van der Waals surface area contributed by atoms with Gasteiger partial charge in [-0.3, -0.25) is 0 Å². The van der Waals surface area contributed by atoms with E-state index in [9.17, 15) is 0 Å². The van der Waals surface area contributed by atoms with E-state index in [0.29, 0.717) is 0 Å². The van der Waals surface area contributed by atoms with E-state index < -0.39 is 7.82 Å². The summed E-state index contributed by atoms with van der Waals surface area (Å²) in [6.07, 6.45) is 0. The molecule has 4 nitrogen and oxygen atoms in total. The molecule has 0 N–H and O–H groups in total. The van der Waals surface area contributed by atoms with E-state index in [1.807, 2.05) is 0 Å².